The number of carboxylic acids is 1. The minimum atomic E-state index is -0.558. The van der Waals surface area contributed by atoms with Crippen molar-refractivity contribution in [2.45, 2.75) is 46.1 Å². The summed E-state index contributed by atoms with van der Waals surface area (Å²) >= 11 is 0. The summed E-state index contributed by atoms with van der Waals surface area (Å²) in [6.45, 7) is 6.50. The molecule has 3 heteroatoms. The quantitative estimate of drug-likeness (QED) is 0.749. The molecule has 5 fully saturated rings. The van der Waals surface area contributed by atoms with Gasteiger partial charge >= 0.3 is 5.97 Å². The zero-order valence-electron chi connectivity index (χ0n) is 11.3. The van der Waals surface area contributed by atoms with E-state index in [1.165, 1.54) is 0 Å². The molecule has 0 aromatic heterocycles. The minimum Gasteiger partial charge on any atom is -0.481 e. The Bertz CT molecular complexity index is 457. The maximum Gasteiger partial charge on any atom is 0.310 e. The highest BCUT2D eigenvalue weighted by Crippen LogP contribution is 2.91. The number of aliphatic hydroxyl groups excluding tert-OH is 1. The average molecular weight is 250 g/mol. The van der Waals surface area contributed by atoms with Crippen molar-refractivity contribution in [2.75, 3.05) is 0 Å². The van der Waals surface area contributed by atoms with E-state index in [0.29, 0.717) is 23.7 Å². The maximum atomic E-state index is 11.9. The van der Waals surface area contributed by atoms with Gasteiger partial charge in [0.1, 0.15) is 0 Å². The maximum absolute atomic E-state index is 11.9. The lowest BCUT2D eigenvalue weighted by atomic mass is 9.68. The summed E-state index contributed by atoms with van der Waals surface area (Å²) in [5, 5.41) is 20.2. The van der Waals surface area contributed by atoms with Crippen LogP contribution in [-0.4, -0.2) is 22.3 Å². The van der Waals surface area contributed by atoms with Gasteiger partial charge in [0.25, 0.3) is 0 Å². The van der Waals surface area contributed by atoms with Gasteiger partial charge in [0.2, 0.25) is 0 Å². The Morgan fingerprint density at radius 1 is 1.17 bits per heavy atom. The lowest BCUT2D eigenvalue weighted by molar-refractivity contribution is -0.149. The van der Waals surface area contributed by atoms with Gasteiger partial charge in [-0.3, -0.25) is 4.79 Å². The molecule has 5 aliphatic rings. The first-order chi connectivity index (χ1) is 8.29. The highest BCUT2D eigenvalue weighted by Gasteiger charge is 2.92. The summed E-state index contributed by atoms with van der Waals surface area (Å²) in [6.07, 6.45) is 2.48. The van der Waals surface area contributed by atoms with Crippen LogP contribution in [0.5, 0.6) is 0 Å². The Labute approximate surface area is 108 Å². The smallest absolute Gasteiger partial charge is 0.310 e. The van der Waals surface area contributed by atoms with Crippen molar-refractivity contribution in [3.8, 4) is 0 Å². The first-order valence-electron chi connectivity index (χ1n) is 7.21. The van der Waals surface area contributed by atoms with Crippen LogP contribution in [0, 0.1) is 39.9 Å². The van der Waals surface area contributed by atoms with Gasteiger partial charge in [-0.2, -0.15) is 0 Å². The van der Waals surface area contributed by atoms with Crippen molar-refractivity contribution < 1.29 is 15.0 Å². The molecule has 0 aromatic carbocycles. The highest BCUT2D eigenvalue weighted by molar-refractivity contribution is 5.83. The molecule has 5 rings (SSSR count). The predicted octanol–water partition coefficient (Wildman–Crippen LogP) is 2.14. The molecule has 3 nitrogen and oxygen atoms in total. The summed E-state index contributed by atoms with van der Waals surface area (Å²) in [5.74, 6) is 1.13. The van der Waals surface area contributed by atoms with E-state index in [9.17, 15) is 15.0 Å². The van der Waals surface area contributed by atoms with E-state index in [1.54, 1.807) is 0 Å². The molecular weight excluding hydrogens is 228 g/mol. The van der Waals surface area contributed by atoms with Gasteiger partial charge in [-0.1, -0.05) is 20.8 Å². The van der Waals surface area contributed by atoms with Crippen molar-refractivity contribution in [1.29, 1.82) is 0 Å². The number of aliphatic hydroxyl groups is 1. The Balaban J connectivity index is 1.90. The van der Waals surface area contributed by atoms with Crippen LogP contribution >= 0.6 is 0 Å². The molecule has 18 heavy (non-hydrogen) atoms. The van der Waals surface area contributed by atoms with Crippen LogP contribution in [0.3, 0.4) is 0 Å². The fraction of sp³-hybridized carbons (Fsp3) is 0.933. The zero-order chi connectivity index (χ0) is 13.1. The van der Waals surface area contributed by atoms with E-state index in [4.69, 9.17) is 0 Å². The van der Waals surface area contributed by atoms with Crippen molar-refractivity contribution in [2.24, 2.45) is 39.9 Å². The lowest BCUT2D eigenvalue weighted by Crippen LogP contribution is -2.38. The molecule has 0 heterocycles. The van der Waals surface area contributed by atoms with Crippen LogP contribution in [0.2, 0.25) is 0 Å². The SMILES string of the molecule is CC1(C)C2C3CC4C2[C@@]4(C(=O)O)C3(C)CC[C@@H]1O. The van der Waals surface area contributed by atoms with Gasteiger partial charge in [0.05, 0.1) is 11.5 Å². The Morgan fingerprint density at radius 2 is 1.83 bits per heavy atom. The number of rotatable bonds is 1. The van der Waals surface area contributed by atoms with Gasteiger partial charge in [-0.05, 0) is 53.8 Å². The van der Waals surface area contributed by atoms with Crippen LogP contribution in [-0.2, 0) is 4.79 Å². The monoisotopic (exact) mass is 250 g/mol. The molecule has 0 amide bonds. The first kappa shape index (κ1) is 11.3. The normalized spacial score (nSPS) is 62.6. The third-order valence-corrected chi connectivity index (χ3v) is 7.54. The largest absolute Gasteiger partial charge is 0.481 e. The van der Waals surface area contributed by atoms with E-state index < -0.39 is 11.4 Å². The van der Waals surface area contributed by atoms with Gasteiger partial charge in [0, 0.05) is 0 Å². The van der Waals surface area contributed by atoms with E-state index >= 15 is 0 Å². The summed E-state index contributed by atoms with van der Waals surface area (Å²) < 4.78 is 0. The van der Waals surface area contributed by atoms with Gasteiger partial charge < -0.3 is 10.2 Å². The molecule has 0 aliphatic heterocycles. The lowest BCUT2D eigenvalue weighted by Gasteiger charge is -2.37. The van der Waals surface area contributed by atoms with E-state index in [1.807, 2.05) is 0 Å². The van der Waals surface area contributed by atoms with E-state index in [0.717, 1.165) is 19.3 Å². The molecule has 6 bridgehead atoms. The van der Waals surface area contributed by atoms with Gasteiger partial charge in [-0.25, -0.2) is 0 Å². The van der Waals surface area contributed by atoms with Crippen LogP contribution in [0.4, 0.5) is 0 Å². The molecule has 2 N–H and O–H groups in total. The third kappa shape index (κ3) is 0.774. The molecule has 0 saturated heterocycles. The van der Waals surface area contributed by atoms with Crippen LogP contribution in [0.25, 0.3) is 0 Å². The molecule has 5 aliphatic carbocycles. The third-order valence-electron chi connectivity index (χ3n) is 7.54. The fourth-order valence-corrected chi connectivity index (χ4v) is 6.74. The molecule has 5 saturated carbocycles. The standard InChI is InChI=1S/C15H22O3/c1-13(2)9(16)4-5-14(3)7-6-8-11(10(7)13)15(8,14)12(17)18/h7-11,16H,4-6H2,1-3H3,(H,17,18)/t7?,8?,9-,10?,11?,14?,15-/m0/s1. The molecule has 0 aromatic rings. The Hall–Kier alpha value is -0.570. The second-order valence-corrected chi connectivity index (χ2v) is 7.97. The molecule has 0 spiro atoms. The zero-order valence-corrected chi connectivity index (χ0v) is 11.3. The molecule has 0 radical (unpaired) electrons. The molecule has 100 valence electrons. The highest BCUT2D eigenvalue weighted by atomic mass is 16.4. The van der Waals surface area contributed by atoms with Crippen LogP contribution in [0.15, 0.2) is 0 Å². The van der Waals surface area contributed by atoms with Crippen LogP contribution < -0.4 is 0 Å². The first-order valence-corrected chi connectivity index (χ1v) is 7.21. The van der Waals surface area contributed by atoms with E-state index in [2.05, 4.69) is 20.8 Å². The van der Waals surface area contributed by atoms with Crippen molar-refractivity contribution in [3.05, 3.63) is 0 Å². The Kier molecular flexibility index (Phi) is 1.66. The van der Waals surface area contributed by atoms with Gasteiger partial charge in [0.15, 0.2) is 0 Å². The fourth-order valence-electron chi connectivity index (χ4n) is 6.74. The molecule has 7 atom stereocenters. The van der Waals surface area contributed by atoms with Crippen LogP contribution in [0.1, 0.15) is 40.0 Å². The number of carboxylic acid groups (broad SMARTS) is 1. The topological polar surface area (TPSA) is 57.5 Å². The number of hydrogen-bond acceptors (Lipinski definition) is 2. The van der Waals surface area contributed by atoms with Crippen molar-refractivity contribution in [1.82, 2.24) is 0 Å². The number of aliphatic carboxylic acids is 1. The second-order valence-electron chi connectivity index (χ2n) is 7.97. The van der Waals surface area contributed by atoms with Crippen molar-refractivity contribution >= 4 is 5.97 Å². The predicted molar refractivity (Wildman–Crippen MR) is 65.8 cm³/mol. The minimum absolute atomic E-state index is 0.0619. The average Bonchev–Trinajstić information content (AvgIpc) is 2.60. The summed E-state index contributed by atoms with van der Waals surface area (Å²) in [5.41, 5.74) is -0.608. The summed E-state index contributed by atoms with van der Waals surface area (Å²) in [6, 6.07) is 0. The molecular formula is C15H22O3. The molecule has 5 unspecified atom stereocenters. The van der Waals surface area contributed by atoms with Gasteiger partial charge in [-0.15, -0.1) is 0 Å². The second kappa shape index (κ2) is 2.65. The number of hydrogen-bond donors (Lipinski definition) is 2. The summed E-state index contributed by atoms with van der Waals surface area (Å²) in [7, 11) is 0. The Morgan fingerprint density at radius 3 is 2.44 bits per heavy atom. The number of carbonyl (C=O) groups is 1. The van der Waals surface area contributed by atoms with E-state index in [-0.39, 0.29) is 16.9 Å². The summed E-state index contributed by atoms with van der Waals surface area (Å²) in [4.78, 5) is 11.9. The van der Waals surface area contributed by atoms with Crippen molar-refractivity contribution in [3.63, 3.8) is 0 Å².